The summed E-state index contributed by atoms with van der Waals surface area (Å²) in [6, 6.07) is 11.0. The van der Waals surface area contributed by atoms with Crippen molar-refractivity contribution in [1.29, 1.82) is 0 Å². The number of sulfonamides is 1. The fourth-order valence-corrected chi connectivity index (χ4v) is 7.16. The highest BCUT2D eigenvalue weighted by molar-refractivity contribution is 7.92. The first-order valence-electron chi connectivity index (χ1n) is 16.1. The zero-order valence-electron chi connectivity index (χ0n) is 27.8. The third kappa shape index (κ3) is 7.31. The number of halogens is 2. The van der Waals surface area contributed by atoms with E-state index in [2.05, 4.69) is 20.6 Å². The van der Waals surface area contributed by atoms with Crippen molar-refractivity contribution < 1.29 is 41.5 Å². The van der Waals surface area contributed by atoms with E-state index in [9.17, 15) is 32.7 Å². The first-order valence-corrected chi connectivity index (χ1v) is 17.6. The minimum absolute atomic E-state index is 0.261. The molecule has 2 aromatic carbocycles. The molecule has 0 spiro atoms. The fourth-order valence-electron chi connectivity index (χ4n) is 6.19. The Kier molecular flexibility index (Phi) is 9.99. The highest BCUT2D eigenvalue weighted by atomic mass is 32.2. The molecule has 0 aliphatic carbocycles. The van der Waals surface area contributed by atoms with E-state index < -0.39 is 61.9 Å². The molecule has 0 radical (unpaired) electrons. The number of carboxylic acids is 1. The summed E-state index contributed by atoms with van der Waals surface area (Å²) in [4.78, 5) is 62.0. The molecule has 2 aliphatic heterocycles. The van der Waals surface area contributed by atoms with Crippen LogP contribution in [0.2, 0.25) is 0 Å². The molecule has 4 heterocycles. The van der Waals surface area contributed by atoms with Gasteiger partial charge in [-0.2, -0.15) is 8.42 Å². The number of carbonyl (C=O) groups is 4. The van der Waals surface area contributed by atoms with Crippen LogP contribution in [0, 0.1) is 24.5 Å². The maximum atomic E-state index is 15.1. The van der Waals surface area contributed by atoms with Crippen LogP contribution in [0.4, 0.5) is 25.0 Å². The molecule has 4 aromatic rings. The highest BCUT2D eigenvalue weighted by Crippen LogP contribution is 2.31. The predicted molar refractivity (Wildman–Crippen MR) is 184 cm³/mol. The van der Waals surface area contributed by atoms with Gasteiger partial charge in [0.05, 0.1) is 23.3 Å². The molecule has 4 N–H and O–H groups in total. The van der Waals surface area contributed by atoms with Gasteiger partial charge in [0, 0.05) is 49.2 Å². The first kappa shape index (κ1) is 36.0. The number of piperidine rings is 1. The Morgan fingerprint density at radius 1 is 1.00 bits per heavy atom. The van der Waals surface area contributed by atoms with E-state index in [1.807, 2.05) is 11.6 Å². The molecule has 17 heteroatoms. The van der Waals surface area contributed by atoms with Crippen molar-refractivity contribution in [2.24, 2.45) is 5.92 Å². The standard InChI is InChI=1S/C35H33F2N7O7S/c1-19-3-6-21(16-39-19)22-7-10-30(40-17-22)52(50,51)42-23-14-26(36)31(27(37)15-23)32(45)41-28(34(47)48)13-20-4-8-24(9-5-20)44-33(46)25-11-12-38-18-29(25)43(2)35(44)49/h3-10,14-17,25,28-29,38,42H,11-13,18H2,1-2H3,(H,41,45)(H,47,48)/t25?,28-,29?/m0/s1. The van der Waals surface area contributed by atoms with Crippen molar-refractivity contribution in [3.63, 3.8) is 0 Å². The van der Waals surface area contributed by atoms with Gasteiger partial charge in [-0.25, -0.2) is 28.3 Å². The number of rotatable bonds is 10. The largest absolute Gasteiger partial charge is 0.480 e. The summed E-state index contributed by atoms with van der Waals surface area (Å²) in [6.45, 7) is 2.96. The van der Waals surface area contributed by atoms with E-state index in [-0.39, 0.29) is 30.0 Å². The van der Waals surface area contributed by atoms with E-state index >= 15 is 8.78 Å². The summed E-state index contributed by atoms with van der Waals surface area (Å²) in [6.07, 6.45) is 3.16. The number of carbonyl (C=O) groups excluding carboxylic acids is 3. The molecule has 6 rings (SSSR count). The summed E-state index contributed by atoms with van der Waals surface area (Å²) in [7, 11) is -2.78. The van der Waals surface area contributed by atoms with Gasteiger partial charge in [0.1, 0.15) is 23.2 Å². The molecule has 2 saturated heterocycles. The number of nitrogens with zero attached hydrogens (tertiary/aromatic N) is 4. The Labute approximate surface area is 296 Å². The minimum Gasteiger partial charge on any atom is -0.480 e. The summed E-state index contributed by atoms with van der Waals surface area (Å²) in [5.74, 6) is -6.49. The number of imide groups is 1. The lowest BCUT2D eigenvalue weighted by molar-refractivity contribution is -0.139. The number of benzene rings is 2. The Balaban J connectivity index is 1.12. The van der Waals surface area contributed by atoms with E-state index in [1.165, 1.54) is 47.5 Å². The third-order valence-electron chi connectivity index (χ3n) is 8.99. The van der Waals surface area contributed by atoms with Crippen LogP contribution in [0.25, 0.3) is 11.1 Å². The number of fused-ring (bicyclic) bond motifs is 1. The predicted octanol–water partition coefficient (Wildman–Crippen LogP) is 3.33. The molecule has 0 saturated carbocycles. The molecule has 2 aliphatic rings. The van der Waals surface area contributed by atoms with Gasteiger partial charge in [0.25, 0.3) is 15.9 Å². The summed E-state index contributed by atoms with van der Waals surface area (Å²) >= 11 is 0. The SMILES string of the molecule is Cc1ccc(-c2ccc(S(=O)(=O)Nc3cc(F)c(C(=O)N[C@@H](Cc4ccc(N5C(=O)C6CCNCC6N(C)C5=O)cc4)C(=O)O)c(F)c3)nc2)cn1. The van der Waals surface area contributed by atoms with Gasteiger partial charge in [-0.1, -0.05) is 18.2 Å². The molecule has 2 aromatic heterocycles. The van der Waals surface area contributed by atoms with Gasteiger partial charge in [0.2, 0.25) is 5.91 Å². The Morgan fingerprint density at radius 2 is 1.65 bits per heavy atom. The molecule has 2 fully saturated rings. The number of aliphatic carboxylic acids is 1. The lowest BCUT2D eigenvalue weighted by Crippen LogP contribution is -2.65. The second-order valence-corrected chi connectivity index (χ2v) is 14.1. The van der Waals surface area contributed by atoms with Crippen LogP contribution in [-0.2, 0) is 26.0 Å². The number of hydrogen-bond donors (Lipinski definition) is 4. The van der Waals surface area contributed by atoms with E-state index in [0.29, 0.717) is 48.3 Å². The van der Waals surface area contributed by atoms with Crippen molar-refractivity contribution in [2.75, 3.05) is 29.8 Å². The number of pyridine rings is 2. The minimum atomic E-state index is -4.41. The number of aromatic nitrogens is 2. The van der Waals surface area contributed by atoms with Gasteiger partial charge in [-0.3, -0.25) is 19.3 Å². The number of hydrogen-bond acceptors (Lipinski definition) is 9. The van der Waals surface area contributed by atoms with Gasteiger partial charge in [-0.15, -0.1) is 0 Å². The van der Waals surface area contributed by atoms with E-state index in [0.717, 1.165) is 10.6 Å². The zero-order chi connectivity index (χ0) is 37.3. The average Bonchev–Trinajstić information content (AvgIpc) is 3.11. The highest BCUT2D eigenvalue weighted by Gasteiger charge is 2.46. The molecule has 3 atom stereocenters. The van der Waals surface area contributed by atoms with Crippen LogP contribution >= 0.6 is 0 Å². The number of carboxylic acid groups (broad SMARTS) is 1. The van der Waals surface area contributed by atoms with Crippen LogP contribution in [-0.4, -0.2) is 84.4 Å². The van der Waals surface area contributed by atoms with Crippen molar-refractivity contribution in [1.82, 2.24) is 25.5 Å². The Bertz CT molecular complexity index is 2130. The lowest BCUT2D eigenvalue weighted by atomic mass is 9.88. The first-order chi connectivity index (χ1) is 24.7. The van der Waals surface area contributed by atoms with Gasteiger partial charge in [0.15, 0.2) is 5.03 Å². The van der Waals surface area contributed by atoms with E-state index in [1.54, 1.807) is 25.4 Å². The van der Waals surface area contributed by atoms with Gasteiger partial charge in [-0.05, 0) is 67.9 Å². The van der Waals surface area contributed by atoms with Crippen LogP contribution in [0.3, 0.4) is 0 Å². The summed E-state index contributed by atoms with van der Waals surface area (Å²) in [5.41, 5.74) is 1.08. The topological polar surface area (TPSA) is 191 Å². The smallest absolute Gasteiger partial charge is 0.331 e. The average molecular weight is 734 g/mol. The Hall–Kier alpha value is -5.81. The maximum absolute atomic E-state index is 15.1. The lowest BCUT2D eigenvalue weighted by Gasteiger charge is -2.45. The number of aryl methyl sites for hydroxylation is 1. The van der Waals surface area contributed by atoms with Crippen molar-refractivity contribution >= 4 is 45.2 Å². The van der Waals surface area contributed by atoms with Crippen LogP contribution in [0.15, 0.2) is 78.1 Å². The Morgan fingerprint density at radius 3 is 2.25 bits per heavy atom. The van der Waals surface area contributed by atoms with Crippen molar-refractivity contribution in [3.8, 4) is 11.1 Å². The summed E-state index contributed by atoms with van der Waals surface area (Å²) < 4.78 is 58.1. The molecular formula is C35H33F2N7O7S. The van der Waals surface area contributed by atoms with Crippen molar-refractivity contribution in [3.05, 3.63) is 102 Å². The number of nitrogens with one attached hydrogen (secondary N) is 3. The van der Waals surface area contributed by atoms with Crippen LogP contribution in [0.5, 0.6) is 0 Å². The zero-order valence-corrected chi connectivity index (χ0v) is 28.7. The van der Waals surface area contributed by atoms with Gasteiger partial charge < -0.3 is 20.6 Å². The van der Waals surface area contributed by atoms with Crippen LogP contribution in [0.1, 0.15) is 28.0 Å². The second-order valence-electron chi connectivity index (χ2n) is 12.5. The number of urea groups is 1. The molecule has 14 nitrogen and oxygen atoms in total. The number of amides is 4. The normalized spacial score (nSPS) is 18.1. The van der Waals surface area contributed by atoms with E-state index in [4.69, 9.17) is 0 Å². The maximum Gasteiger partial charge on any atom is 0.331 e. The molecule has 0 bridgehead atoms. The molecule has 2 unspecified atom stereocenters. The third-order valence-corrected chi connectivity index (χ3v) is 10.3. The molecule has 52 heavy (non-hydrogen) atoms. The van der Waals surface area contributed by atoms with Crippen LogP contribution < -0.4 is 20.3 Å². The second kappa shape index (κ2) is 14.4. The molecule has 4 amide bonds. The molecule has 270 valence electrons. The van der Waals surface area contributed by atoms with Crippen molar-refractivity contribution in [2.45, 2.75) is 36.9 Å². The quantitative estimate of drug-likeness (QED) is 0.188. The van der Waals surface area contributed by atoms with Gasteiger partial charge >= 0.3 is 12.0 Å². The number of likely N-dealkylation sites (N-methyl/N-ethyl adjacent to an activating group) is 1. The summed E-state index contributed by atoms with van der Waals surface area (Å²) in [5, 5.41) is 14.7. The fraction of sp³-hybridized carbons (Fsp3) is 0.257. The monoisotopic (exact) mass is 733 g/mol. The number of anilines is 2. The molecular weight excluding hydrogens is 700 g/mol.